The molecule has 1 heterocycles. The standard InChI is InChI=1S/C20H22O7.C3H8O/c1-25-17-8-12(3-5-15(17)21)7-14-11-27-19(23)20(14,24)10-13-4-6-16(22)18(9-13)26-2;1-3(2)4/h3-6,8-9,14,21-22,24H,7,10-11H2,1-2H3;3-4H,1-2H3. The maximum absolute atomic E-state index is 12.3. The Morgan fingerprint density at radius 2 is 1.52 bits per heavy atom. The van der Waals surface area contributed by atoms with Crippen molar-refractivity contribution in [3.63, 3.8) is 0 Å². The van der Waals surface area contributed by atoms with E-state index in [9.17, 15) is 20.1 Å². The second-order valence-electron chi connectivity index (χ2n) is 7.71. The summed E-state index contributed by atoms with van der Waals surface area (Å²) < 4.78 is 15.3. The fourth-order valence-corrected chi connectivity index (χ4v) is 3.33. The molecule has 31 heavy (non-hydrogen) atoms. The van der Waals surface area contributed by atoms with Crippen LogP contribution in [0.4, 0.5) is 0 Å². The number of aromatic hydroxyl groups is 2. The van der Waals surface area contributed by atoms with Gasteiger partial charge in [0.2, 0.25) is 0 Å². The van der Waals surface area contributed by atoms with Crippen LogP contribution < -0.4 is 9.47 Å². The van der Waals surface area contributed by atoms with Crippen LogP contribution in [0.3, 0.4) is 0 Å². The second-order valence-corrected chi connectivity index (χ2v) is 7.71. The van der Waals surface area contributed by atoms with Gasteiger partial charge in [-0.3, -0.25) is 0 Å². The third kappa shape index (κ3) is 6.02. The van der Waals surface area contributed by atoms with Crippen LogP contribution in [0.25, 0.3) is 0 Å². The SMILES string of the molecule is CC(C)O.COc1cc(CC2COC(=O)C2(O)Cc2ccc(O)c(OC)c2)ccc1O. The van der Waals surface area contributed by atoms with E-state index in [0.29, 0.717) is 17.7 Å². The smallest absolute Gasteiger partial charge is 0.338 e. The Morgan fingerprint density at radius 3 is 2.03 bits per heavy atom. The van der Waals surface area contributed by atoms with Crippen LogP contribution >= 0.6 is 0 Å². The van der Waals surface area contributed by atoms with Crippen LogP contribution in [-0.4, -0.2) is 58.9 Å². The topological polar surface area (TPSA) is 126 Å². The van der Waals surface area contributed by atoms with Crippen LogP contribution in [0.2, 0.25) is 0 Å². The predicted octanol–water partition coefficient (Wildman–Crippen LogP) is 2.19. The highest BCUT2D eigenvalue weighted by Gasteiger charge is 2.51. The van der Waals surface area contributed by atoms with Crippen LogP contribution in [-0.2, 0) is 22.4 Å². The fraction of sp³-hybridized carbons (Fsp3) is 0.435. The number of esters is 1. The highest BCUT2D eigenvalue weighted by Crippen LogP contribution is 2.36. The maximum Gasteiger partial charge on any atom is 0.338 e. The van der Waals surface area contributed by atoms with Gasteiger partial charge in [-0.2, -0.15) is 0 Å². The highest BCUT2D eigenvalue weighted by molar-refractivity contribution is 5.82. The molecule has 170 valence electrons. The zero-order valence-corrected chi connectivity index (χ0v) is 18.2. The molecule has 3 rings (SSSR count). The van der Waals surface area contributed by atoms with Gasteiger partial charge in [0.05, 0.1) is 20.8 Å². The molecule has 0 spiro atoms. The molecule has 0 bridgehead atoms. The molecule has 0 aliphatic carbocycles. The molecule has 1 aliphatic heterocycles. The summed E-state index contributed by atoms with van der Waals surface area (Å²) in [5.74, 6) is -0.558. The number of rotatable bonds is 6. The molecule has 8 nitrogen and oxygen atoms in total. The zero-order chi connectivity index (χ0) is 23.2. The number of methoxy groups -OCH3 is 2. The third-order valence-electron chi connectivity index (χ3n) is 4.89. The Labute approximate surface area is 181 Å². The van der Waals surface area contributed by atoms with Crippen LogP contribution in [0, 0.1) is 5.92 Å². The van der Waals surface area contributed by atoms with E-state index in [1.807, 2.05) is 0 Å². The lowest BCUT2D eigenvalue weighted by Crippen LogP contribution is -2.44. The van der Waals surface area contributed by atoms with Crippen LogP contribution in [0.5, 0.6) is 23.0 Å². The summed E-state index contributed by atoms with van der Waals surface area (Å²) in [7, 11) is 2.88. The summed E-state index contributed by atoms with van der Waals surface area (Å²) in [6, 6.07) is 9.56. The number of benzene rings is 2. The first-order valence-electron chi connectivity index (χ1n) is 9.90. The minimum absolute atomic E-state index is 0.0185. The van der Waals surface area contributed by atoms with Gasteiger partial charge in [-0.1, -0.05) is 12.1 Å². The lowest BCUT2D eigenvalue weighted by atomic mass is 9.81. The van der Waals surface area contributed by atoms with Crippen molar-refractivity contribution >= 4 is 5.97 Å². The monoisotopic (exact) mass is 434 g/mol. The number of carbonyl (C=O) groups excluding carboxylic acids is 1. The minimum Gasteiger partial charge on any atom is -0.504 e. The summed E-state index contributed by atoms with van der Waals surface area (Å²) in [4.78, 5) is 12.3. The summed E-state index contributed by atoms with van der Waals surface area (Å²) in [5.41, 5.74) is -0.262. The van der Waals surface area contributed by atoms with Crippen molar-refractivity contribution < 1.29 is 39.4 Å². The largest absolute Gasteiger partial charge is 0.504 e. The first-order chi connectivity index (χ1) is 14.6. The molecule has 1 saturated heterocycles. The quantitative estimate of drug-likeness (QED) is 0.510. The minimum atomic E-state index is -1.70. The molecule has 0 aromatic heterocycles. The molecule has 2 aromatic rings. The van der Waals surface area contributed by atoms with E-state index in [1.54, 1.807) is 38.1 Å². The second kappa shape index (κ2) is 10.4. The number of carbonyl (C=O) groups is 1. The normalized spacial score (nSPS) is 20.1. The molecule has 2 atom stereocenters. The van der Waals surface area contributed by atoms with Crippen molar-refractivity contribution in [3.05, 3.63) is 47.5 Å². The highest BCUT2D eigenvalue weighted by atomic mass is 16.6. The fourth-order valence-electron chi connectivity index (χ4n) is 3.33. The number of phenolic OH excluding ortho intramolecular Hbond substituents is 2. The van der Waals surface area contributed by atoms with E-state index in [1.165, 1.54) is 26.4 Å². The molecule has 8 heteroatoms. The van der Waals surface area contributed by atoms with Crippen molar-refractivity contribution in [3.8, 4) is 23.0 Å². The van der Waals surface area contributed by atoms with Gasteiger partial charge in [0.25, 0.3) is 0 Å². The molecule has 4 N–H and O–H groups in total. The lowest BCUT2D eigenvalue weighted by Gasteiger charge is -2.26. The van der Waals surface area contributed by atoms with E-state index < -0.39 is 17.5 Å². The number of aliphatic hydroxyl groups is 2. The molecule has 2 unspecified atom stereocenters. The first kappa shape index (κ1) is 24.3. The molecule has 1 fully saturated rings. The van der Waals surface area contributed by atoms with E-state index in [4.69, 9.17) is 19.3 Å². The van der Waals surface area contributed by atoms with Crippen molar-refractivity contribution in [2.45, 2.75) is 38.4 Å². The predicted molar refractivity (Wildman–Crippen MR) is 113 cm³/mol. The molecule has 2 aromatic carbocycles. The Bertz CT molecular complexity index is 892. The van der Waals surface area contributed by atoms with Crippen LogP contribution in [0.1, 0.15) is 25.0 Å². The average molecular weight is 434 g/mol. The Morgan fingerprint density at radius 1 is 1.03 bits per heavy atom. The van der Waals surface area contributed by atoms with E-state index >= 15 is 0 Å². The third-order valence-corrected chi connectivity index (χ3v) is 4.89. The van der Waals surface area contributed by atoms with E-state index in [2.05, 4.69) is 0 Å². The molecular formula is C23H30O8. The number of aliphatic hydroxyl groups excluding tert-OH is 1. The van der Waals surface area contributed by atoms with Gasteiger partial charge in [-0.15, -0.1) is 0 Å². The van der Waals surface area contributed by atoms with Crippen molar-refractivity contribution in [2.75, 3.05) is 20.8 Å². The summed E-state index contributed by atoms with van der Waals surface area (Å²) in [5, 5.41) is 38.6. The van der Waals surface area contributed by atoms with E-state index in [-0.39, 0.29) is 36.4 Å². The lowest BCUT2D eigenvalue weighted by molar-refractivity contribution is -0.154. The van der Waals surface area contributed by atoms with Gasteiger partial charge in [-0.05, 0) is 55.7 Å². The molecule has 0 saturated carbocycles. The Balaban J connectivity index is 0.000000785. The van der Waals surface area contributed by atoms with Gasteiger partial charge in [0, 0.05) is 18.4 Å². The molecule has 1 aliphatic rings. The van der Waals surface area contributed by atoms with Crippen molar-refractivity contribution in [1.29, 1.82) is 0 Å². The summed E-state index contributed by atoms with van der Waals surface area (Å²) in [6.45, 7) is 3.54. The van der Waals surface area contributed by atoms with Crippen molar-refractivity contribution in [1.82, 2.24) is 0 Å². The van der Waals surface area contributed by atoms with Crippen LogP contribution in [0.15, 0.2) is 36.4 Å². The number of hydrogen-bond acceptors (Lipinski definition) is 8. The van der Waals surface area contributed by atoms with E-state index in [0.717, 1.165) is 5.56 Å². The van der Waals surface area contributed by atoms with Gasteiger partial charge < -0.3 is 34.6 Å². The van der Waals surface area contributed by atoms with Gasteiger partial charge in [0.15, 0.2) is 28.6 Å². The van der Waals surface area contributed by atoms with Gasteiger partial charge >= 0.3 is 5.97 Å². The maximum atomic E-state index is 12.3. The Kier molecular flexibility index (Phi) is 8.13. The number of ether oxygens (including phenoxy) is 3. The number of phenols is 2. The van der Waals surface area contributed by atoms with Gasteiger partial charge in [0.1, 0.15) is 0 Å². The summed E-state index contributed by atoms with van der Waals surface area (Å²) >= 11 is 0. The molecular weight excluding hydrogens is 404 g/mol. The van der Waals surface area contributed by atoms with Gasteiger partial charge in [-0.25, -0.2) is 4.79 Å². The first-order valence-corrected chi connectivity index (χ1v) is 9.90. The average Bonchev–Trinajstić information content (AvgIpc) is 2.98. The van der Waals surface area contributed by atoms with Crippen molar-refractivity contribution in [2.24, 2.45) is 5.92 Å². The Hall–Kier alpha value is -2.97. The zero-order valence-electron chi connectivity index (χ0n) is 18.2. The number of hydrogen-bond donors (Lipinski definition) is 4. The molecule has 0 amide bonds. The molecule has 0 radical (unpaired) electrons. The summed E-state index contributed by atoms with van der Waals surface area (Å²) in [6.07, 6.45) is 0.233. The number of cyclic esters (lactones) is 1.